The number of halogens is 1. The van der Waals surface area contributed by atoms with E-state index in [0.29, 0.717) is 6.61 Å². The number of nitrogens with one attached hydrogen (secondary N) is 1. The number of rotatable bonds is 4. The number of esters is 1. The first kappa shape index (κ1) is 19.1. The van der Waals surface area contributed by atoms with E-state index in [9.17, 15) is 4.79 Å². The molecule has 1 N–H and O–H groups in total. The number of benzene rings is 1. The van der Waals surface area contributed by atoms with Gasteiger partial charge >= 0.3 is 5.97 Å². The van der Waals surface area contributed by atoms with Gasteiger partial charge in [0, 0.05) is 23.6 Å². The monoisotopic (exact) mass is 378 g/mol. The molecule has 2 heterocycles. The molecule has 1 fully saturated rings. The van der Waals surface area contributed by atoms with Crippen LogP contribution in [0.25, 0.3) is 10.9 Å². The van der Waals surface area contributed by atoms with E-state index in [1.165, 1.54) is 22.2 Å². The molecule has 4 rings (SSSR count). The third kappa shape index (κ3) is 2.60. The Morgan fingerprint density at radius 1 is 1.38 bits per heavy atom. The number of ether oxygens (including phenoxy) is 2. The molecule has 1 aromatic heterocycles. The van der Waals surface area contributed by atoms with Crippen molar-refractivity contribution in [2.75, 3.05) is 20.3 Å². The zero-order chi connectivity index (χ0) is 17.6. The predicted molar refractivity (Wildman–Crippen MR) is 104 cm³/mol. The Morgan fingerprint density at radius 2 is 2.15 bits per heavy atom. The summed E-state index contributed by atoms with van der Waals surface area (Å²) >= 11 is 0. The van der Waals surface area contributed by atoms with Crippen LogP contribution in [-0.2, 0) is 23.0 Å². The van der Waals surface area contributed by atoms with Crippen molar-refractivity contribution in [3.05, 3.63) is 29.5 Å². The average Bonchev–Trinajstić information content (AvgIpc) is 2.87. The maximum atomic E-state index is 12.8. The summed E-state index contributed by atoms with van der Waals surface area (Å²) in [4.78, 5) is 12.8. The molecule has 1 aliphatic carbocycles. The number of hydrogen-bond acceptors (Lipinski definition) is 4. The highest BCUT2D eigenvalue weighted by Gasteiger charge is 2.54. The lowest BCUT2D eigenvalue weighted by atomic mass is 9.62. The zero-order valence-electron chi connectivity index (χ0n) is 15.6. The molecule has 142 valence electrons. The number of aromatic nitrogens is 1. The second-order valence-electron chi connectivity index (χ2n) is 7.17. The fraction of sp³-hybridized carbons (Fsp3) is 0.550. The van der Waals surface area contributed by atoms with Gasteiger partial charge in [-0.25, -0.2) is 0 Å². The van der Waals surface area contributed by atoms with Crippen LogP contribution < -0.4 is 10.1 Å². The van der Waals surface area contributed by atoms with Gasteiger partial charge in [0.15, 0.2) is 0 Å². The molecular formula is C20H27ClN2O3. The van der Waals surface area contributed by atoms with Crippen molar-refractivity contribution in [3.8, 4) is 5.75 Å². The highest BCUT2D eigenvalue weighted by atomic mass is 35.5. The summed E-state index contributed by atoms with van der Waals surface area (Å²) in [6, 6.07) is 6.25. The van der Waals surface area contributed by atoms with Crippen LogP contribution in [0.4, 0.5) is 0 Å². The fourth-order valence-electron chi connectivity index (χ4n) is 4.62. The van der Waals surface area contributed by atoms with Gasteiger partial charge in [0.05, 0.1) is 25.2 Å². The standard InChI is InChI=1S/C20H26N2O3.ClH/c1-4-25-19(23)20(9-5-10-20)18-17-14(8-11-21-18)15-12-13(24-3)6-7-16(15)22(17)2;/h6-7,12,18,21H,4-5,8-11H2,1-3H3;1H. The maximum Gasteiger partial charge on any atom is 0.314 e. The number of methoxy groups -OCH3 is 1. The molecule has 5 nitrogen and oxygen atoms in total. The first-order chi connectivity index (χ1) is 12.1. The SMILES string of the molecule is CCOC(=O)C1(C2NCCc3c2n(C)c2ccc(OC)cc32)CCC1.Cl. The van der Waals surface area contributed by atoms with Gasteiger partial charge in [-0.2, -0.15) is 0 Å². The summed E-state index contributed by atoms with van der Waals surface area (Å²) in [6.07, 6.45) is 3.85. The van der Waals surface area contributed by atoms with E-state index < -0.39 is 5.41 Å². The van der Waals surface area contributed by atoms with Crippen LogP contribution in [0.15, 0.2) is 18.2 Å². The number of hydrogen-bond donors (Lipinski definition) is 1. The quantitative estimate of drug-likeness (QED) is 0.827. The van der Waals surface area contributed by atoms with Crippen LogP contribution in [0.2, 0.25) is 0 Å². The number of carbonyl (C=O) groups excluding carboxylic acids is 1. The molecule has 0 spiro atoms. The molecule has 2 aliphatic rings. The van der Waals surface area contributed by atoms with Crippen molar-refractivity contribution in [2.24, 2.45) is 12.5 Å². The van der Waals surface area contributed by atoms with Gasteiger partial charge in [-0.3, -0.25) is 4.79 Å². The molecule has 1 aromatic carbocycles. The van der Waals surface area contributed by atoms with Crippen molar-refractivity contribution in [3.63, 3.8) is 0 Å². The van der Waals surface area contributed by atoms with Gasteiger partial charge in [0.2, 0.25) is 0 Å². The molecule has 0 saturated heterocycles. The summed E-state index contributed by atoms with van der Waals surface area (Å²) in [5, 5.41) is 4.87. The van der Waals surface area contributed by atoms with Crippen molar-refractivity contribution in [1.29, 1.82) is 0 Å². The molecule has 0 bridgehead atoms. The van der Waals surface area contributed by atoms with Gasteiger partial charge in [-0.1, -0.05) is 6.42 Å². The lowest BCUT2D eigenvalue weighted by Gasteiger charge is -2.47. The van der Waals surface area contributed by atoms with Gasteiger partial charge in [-0.05, 0) is 56.5 Å². The Hall–Kier alpha value is -1.72. The van der Waals surface area contributed by atoms with E-state index in [4.69, 9.17) is 9.47 Å². The average molecular weight is 379 g/mol. The minimum absolute atomic E-state index is 0. The minimum atomic E-state index is -0.419. The number of nitrogens with zero attached hydrogens (tertiary/aromatic N) is 1. The van der Waals surface area contributed by atoms with Gasteiger partial charge in [0.1, 0.15) is 5.75 Å². The van der Waals surface area contributed by atoms with E-state index in [1.54, 1.807) is 7.11 Å². The Bertz CT molecular complexity index is 826. The summed E-state index contributed by atoms with van der Waals surface area (Å²) in [7, 11) is 3.80. The smallest absolute Gasteiger partial charge is 0.314 e. The lowest BCUT2D eigenvalue weighted by molar-refractivity contribution is -0.164. The van der Waals surface area contributed by atoms with Gasteiger partial charge < -0.3 is 19.4 Å². The molecule has 0 amide bonds. The molecule has 0 radical (unpaired) electrons. The first-order valence-corrected chi connectivity index (χ1v) is 9.18. The van der Waals surface area contributed by atoms with E-state index in [0.717, 1.165) is 38.0 Å². The van der Waals surface area contributed by atoms with Gasteiger partial charge in [-0.15, -0.1) is 12.4 Å². The maximum absolute atomic E-state index is 12.8. The normalized spacial score (nSPS) is 20.7. The van der Waals surface area contributed by atoms with Crippen molar-refractivity contribution < 1.29 is 14.3 Å². The number of aryl methyl sites for hydroxylation is 1. The fourth-order valence-corrected chi connectivity index (χ4v) is 4.62. The topological polar surface area (TPSA) is 52.5 Å². The van der Waals surface area contributed by atoms with Crippen LogP contribution in [0.3, 0.4) is 0 Å². The summed E-state index contributed by atoms with van der Waals surface area (Å²) in [5.74, 6) is 0.828. The Morgan fingerprint density at radius 3 is 2.77 bits per heavy atom. The second-order valence-corrected chi connectivity index (χ2v) is 7.17. The number of carbonyl (C=O) groups is 1. The molecule has 1 aliphatic heterocycles. The zero-order valence-corrected chi connectivity index (χ0v) is 16.4. The van der Waals surface area contributed by atoms with E-state index >= 15 is 0 Å². The van der Waals surface area contributed by atoms with Gasteiger partial charge in [0.25, 0.3) is 0 Å². The van der Waals surface area contributed by atoms with Crippen molar-refractivity contribution in [2.45, 2.75) is 38.6 Å². The van der Waals surface area contributed by atoms with Crippen LogP contribution in [0.5, 0.6) is 5.75 Å². The molecule has 26 heavy (non-hydrogen) atoms. The van der Waals surface area contributed by atoms with Crippen molar-refractivity contribution in [1.82, 2.24) is 9.88 Å². The Kier molecular flexibility index (Phi) is 5.22. The molecule has 1 atom stereocenters. The summed E-state index contributed by atoms with van der Waals surface area (Å²) in [6.45, 7) is 3.20. The third-order valence-electron chi connectivity index (χ3n) is 6.04. The first-order valence-electron chi connectivity index (χ1n) is 9.18. The van der Waals surface area contributed by atoms with Crippen LogP contribution in [-0.4, -0.2) is 30.8 Å². The molecule has 6 heteroatoms. The highest BCUT2D eigenvalue weighted by Crippen LogP contribution is 2.53. The van der Waals surface area contributed by atoms with Crippen LogP contribution in [0, 0.1) is 5.41 Å². The largest absolute Gasteiger partial charge is 0.497 e. The summed E-state index contributed by atoms with van der Waals surface area (Å²) < 4.78 is 13.1. The van der Waals surface area contributed by atoms with Crippen LogP contribution in [0.1, 0.15) is 43.5 Å². The molecule has 2 aromatic rings. The third-order valence-corrected chi connectivity index (χ3v) is 6.04. The molecule has 1 unspecified atom stereocenters. The molecule has 1 saturated carbocycles. The van der Waals surface area contributed by atoms with E-state index in [2.05, 4.69) is 29.1 Å². The highest BCUT2D eigenvalue weighted by molar-refractivity contribution is 5.88. The Balaban J connectivity index is 0.00000196. The van der Waals surface area contributed by atoms with Crippen molar-refractivity contribution >= 4 is 29.3 Å². The van der Waals surface area contributed by atoms with Crippen LogP contribution >= 0.6 is 12.4 Å². The summed E-state index contributed by atoms with van der Waals surface area (Å²) in [5.41, 5.74) is 3.35. The Labute approximate surface area is 160 Å². The minimum Gasteiger partial charge on any atom is -0.497 e. The predicted octanol–water partition coefficient (Wildman–Crippen LogP) is 3.53. The van der Waals surface area contributed by atoms with E-state index in [-0.39, 0.29) is 24.4 Å². The molecular weight excluding hydrogens is 352 g/mol. The number of fused-ring (bicyclic) bond motifs is 3. The lowest BCUT2D eigenvalue weighted by Crippen LogP contribution is -2.52. The second kappa shape index (κ2) is 7.12. The van der Waals surface area contributed by atoms with E-state index in [1.807, 2.05) is 13.0 Å².